The molecule has 0 spiro atoms. The fraction of sp³-hybridized carbons (Fsp3) is 0.238. The highest BCUT2D eigenvalue weighted by Gasteiger charge is 2.28. The van der Waals surface area contributed by atoms with Crippen molar-refractivity contribution in [2.45, 2.75) is 19.4 Å². The largest absolute Gasteiger partial charge is 0.362 e. The molecule has 1 aliphatic heterocycles. The lowest BCUT2D eigenvalue weighted by atomic mass is 10.0. The summed E-state index contributed by atoms with van der Waals surface area (Å²) in [5.74, 6) is 0.680. The summed E-state index contributed by atoms with van der Waals surface area (Å²) >= 11 is 0. The van der Waals surface area contributed by atoms with Gasteiger partial charge in [-0.2, -0.15) is 0 Å². The highest BCUT2D eigenvalue weighted by atomic mass is 16.2. The second-order valence-corrected chi connectivity index (χ2v) is 6.90. The van der Waals surface area contributed by atoms with Crippen molar-refractivity contribution in [2.75, 3.05) is 19.0 Å². The topological polar surface area (TPSA) is 66.4 Å². The van der Waals surface area contributed by atoms with Gasteiger partial charge in [-0.25, -0.2) is 9.97 Å². The van der Waals surface area contributed by atoms with Gasteiger partial charge in [-0.1, -0.05) is 24.3 Å². The van der Waals surface area contributed by atoms with Gasteiger partial charge >= 0.3 is 0 Å². The summed E-state index contributed by atoms with van der Waals surface area (Å²) in [6.45, 7) is 0.325. The first-order chi connectivity index (χ1) is 13.0. The summed E-state index contributed by atoms with van der Waals surface area (Å²) in [5.41, 5.74) is 3.90. The molecule has 0 bridgehead atoms. The van der Waals surface area contributed by atoms with Crippen LogP contribution in [0.2, 0.25) is 0 Å². The van der Waals surface area contributed by atoms with E-state index in [-0.39, 0.29) is 11.8 Å². The Morgan fingerprint density at radius 1 is 0.963 bits per heavy atom. The minimum absolute atomic E-state index is 0.0936. The number of nitrogens with zero attached hydrogens (tertiary/aromatic N) is 4. The monoisotopic (exact) mass is 360 g/mol. The molecule has 0 N–H and O–H groups in total. The van der Waals surface area contributed by atoms with E-state index in [9.17, 15) is 9.59 Å². The van der Waals surface area contributed by atoms with E-state index < -0.39 is 0 Å². The van der Waals surface area contributed by atoms with Gasteiger partial charge < -0.3 is 4.90 Å². The van der Waals surface area contributed by atoms with Crippen LogP contribution in [-0.4, -0.2) is 40.8 Å². The predicted molar refractivity (Wildman–Crippen MR) is 104 cm³/mol. The summed E-state index contributed by atoms with van der Waals surface area (Å²) < 4.78 is 0. The molecule has 0 unspecified atom stereocenters. The molecule has 1 aliphatic rings. The molecule has 0 radical (unpaired) electrons. The van der Waals surface area contributed by atoms with Crippen LogP contribution in [-0.2, 0) is 16.1 Å². The summed E-state index contributed by atoms with van der Waals surface area (Å²) in [5, 5.41) is 0.982. The van der Waals surface area contributed by atoms with Crippen LogP contribution in [0.5, 0.6) is 0 Å². The molecule has 3 aromatic rings. The molecule has 6 nitrogen and oxygen atoms in total. The number of imide groups is 1. The van der Waals surface area contributed by atoms with E-state index in [0.717, 1.165) is 33.4 Å². The molecule has 0 saturated carbocycles. The number of hydrogen-bond donors (Lipinski definition) is 0. The van der Waals surface area contributed by atoms with Gasteiger partial charge in [0.15, 0.2) is 0 Å². The van der Waals surface area contributed by atoms with Gasteiger partial charge in [0.25, 0.3) is 0 Å². The van der Waals surface area contributed by atoms with Gasteiger partial charge in [-0.15, -0.1) is 0 Å². The first kappa shape index (κ1) is 17.1. The first-order valence-corrected chi connectivity index (χ1v) is 8.87. The van der Waals surface area contributed by atoms with Crippen LogP contribution in [0.1, 0.15) is 18.4 Å². The maximum Gasteiger partial charge on any atom is 0.229 e. The van der Waals surface area contributed by atoms with Crippen molar-refractivity contribution in [2.24, 2.45) is 0 Å². The lowest BCUT2D eigenvalue weighted by Gasteiger charge is -2.15. The van der Waals surface area contributed by atoms with Gasteiger partial charge in [0, 0.05) is 32.3 Å². The summed E-state index contributed by atoms with van der Waals surface area (Å²) in [6.07, 6.45) is 2.20. The van der Waals surface area contributed by atoms with Crippen LogP contribution >= 0.6 is 0 Å². The van der Waals surface area contributed by atoms with Crippen LogP contribution in [0.15, 0.2) is 48.8 Å². The third kappa shape index (κ3) is 3.26. The number of hydrogen-bond acceptors (Lipinski definition) is 5. The lowest BCUT2D eigenvalue weighted by molar-refractivity contribution is -0.139. The summed E-state index contributed by atoms with van der Waals surface area (Å²) in [7, 11) is 3.91. The average Bonchev–Trinajstić information content (AvgIpc) is 2.99. The number of likely N-dealkylation sites (tertiary alicyclic amines) is 1. The van der Waals surface area contributed by atoms with Crippen LogP contribution < -0.4 is 4.90 Å². The van der Waals surface area contributed by atoms with Crippen molar-refractivity contribution in [3.63, 3.8) is 0 Å². The van der Waals surface area contributed by atoms with Crippen LogP contribution in [0.3, 0.4) is 0 Å². The quantitative estimate of drug-likeness (QED) is 0.669. The van der Waals surface area contributed by atoms with Crippen molar-refractivity contribution < 1.29 is 9.59 Å². The molecule has 6 heteroatoms. The Morgan fingerprint density at radius 2 is 1.70 bits per heavy atom. The van der Waals surface area contributed by atoms with Crippen LogP contribution in [0, 0.1) is 0 Å². The number of rotatable bonds is 4. The number of carbonyl (C=O) groups is 2. The van der Waals surface area contributed by atoms with Gasteiger partial charge in [-0.3, -0.25) is 14.5 Å². The zero-order valence-corrected chi connectivity index (χ0v) is 15.3. The summed E-state index contributed by atoms with van der Waals surface area (Å²) in [4.78, 5) is 35.8. The van der Waals surface area contributed by atoms with Crippen molar-refractivity contribution in [3.05, 3.63) is 54.4 Å². The maximum absolute atomic E-state index is 11.9. The molecule has 1 aromatic heterocycles. The highest BCUT2D eigenvalue weighted by Crippen LogP contribution is 2.29. The third-order valence-electron chi connectivity index (χ3n) is 4.79. The van der Waals surface area contributed by atoms with E-state index in [2.05, 4.69) is 16.0 Å². The molecule has 4 rings (SSSR count). The van der Waals surface area contributed by atoms with Crippen LogP contribution in [0.4, 0.5) is 5.82 Å². The van der Waals surface area contributed by atoms with Crippen molar-refractivity contribution in [1.29, 1.82) is 0 Å². The van der Waals surface area contributed by atoms with Crippen molar-refractivity contribution >= 4 is 28.5 Å². The molecule has 27 heavy (non-hydrogen) atoms. The molecule has 2 heterocycles. The molecule has 1 fully saturated rings. The third-order valence-corrected chi connectivity index (χ3v) is 4.79. The van der Waals surface area contributed by atoms with E-state index in [4.69, 9.17) is 0 Å². The Bertz CT molecular complexity index is 1030. The molecule has 136 valence electrons. The molecule has 1 saturated heterocycles. The molecular formula is C21H20N4O2. The predicted octanol–water partition coefficient (Wildman–Crippen LogP) is 3.01. The Balaban J connectivity index is 1.70. The number of carbonyl (C=O) groups excluding carboxylic acids is 2. The van der Waals surface area contributed by atoms with Crippen molar-refractivity contribution in [1.82, 2.24) is 14.9 Å². The average molecular weight is 360 g/mol. The number of amides is 2. The lowest BCUT2D eigenvalue weighted by Crippen LogP contribution is -2.28. The molecule has 0 aliphatic carbocycles. The van der Waals surface area contributed by atoms with Gasteiger partial charge in [0.2, 0.25) is 11.8 Å². The summed E-state index contributed by atoms with van der Waals surface area (Å²) in [6, 6.07) is 14.0. The van der Waals surface area contributed by atoms with E-state index in [1.165, 1.54) is 4.90 Å². The zero-order valence-electron chi connectivity index (χ0n) is 15.3. The molecular weight excluding hydrogens is 340 g/mol. The minimum atomic E-state index is -0.0936. The second kappa shape index (κ2) is 6.79. The number of aromatic nitrogens is 2. The molecule has 2 amide bonds. The Kier molecular flexibility index (Phi) is 4.32. The molecule has 2 aromatic carbocycles. The second-order valence-electron chi connectivity index (χ2n) is 6.90. The van der Waals surface area contributed by atoms with Gasteiger partial charge in [-0.05, 0) is 34.9 Å². The fourth-order valence-electron chi connectivity index (χ4n) is 3.41. The first-order valence-electron chi connectivity index (χ1n) is 8.87. The smallest absolute Gasteiger partial charge is 0.229 e. The van der Waals surface area contributed by atoms with E-state index in [1.54, 1.807) is 6.33 Å². The molecule has 0 atom stereocenters. The van der Waals surface area contributed by atoms with E-state index >= 15 is 0 Å². The Hall–Kier alpha value is -3.28. The zero-order chi connectivity index (χ0) is 19.0. The highest BCUT2D eigenvalue weighted by molar-refractivity contribution is 6.01. The number of fused-ring (bicyclic) bond motifs is 1. The maximum atomic E-state index is 11.9. The van der Waals surface area contributed by atoms with E-state index in [1.807, 2.05) is 55.4 Å². The van der Waals surface area contributed by atoms with Crippen molar-refractivity contribution in [3.8, 4) is 11.1 Å². The standard InChI is InChI=1S/C21H20N4O2/c1-24(2)21-17-11-16(6-7-18(17)22-13-23-21)15-5-3-4-14(10-15)12-25-19(26)8-9-20(25)27/h3-7,10-11,13H,8-9,12H2,1-2H3. The van der Waals surface area contributed by atoms with Gasteiger partial charge in [0.1, 0.15) is 12.1 Å². The minimum Gasteiger partial charge on any atom is -0.362 e. The number of benzene rings is 2. The Morgan fingerprint density at radius 3 is 2.44 bits per heavy atom. The Labute approximate surface area is 157 Å². The number of anilines is 1. The van der Waals surface area contributed by atoms with Crippen LogP contribution in [0.25, 0.3) is 22.0 Å². The fourth-order valence-corrected chi connectivity index (χ4v) is 3.41. The van der Waals surface area contributed by atoms with Gasteiger partial charge in [0.05, 0.1) is 12.1 Å². The normalized spacial score (nSPS) is 14.2. The van der Waals surface area contributed by atoms with E-state index in [0.29, 0.717) is 19.4 Å². The SMILES string of the molecule is CN(C)c1ncnc2ccc(-c3cccc(CN4C(=O)CCC4=O)c3)cc12.